The molecule has 0 fully saturated rings. The summed E-state index contributed by atoms with van der Waals surface area (Å²) in [6.07, 6.45) is 0.944. The largest absolute Gasteiger partial charge is 0.497 e. The van der Waals surface area contributed by atoms with Crippen LogP contribution in [-0.4, -0.2) is 31.8 Å². The number of likely N-dealkylation sites (N-methyl/N-ethyl adjacent to an activating group) is 1. The molecule has 2 aromatic carbocycles. The molecule has 29 heavy (non-hydrogen) atoms. The Balaban J connectivity index is 2.34. The van der Waals surface area contributed by atoms with Crippen LogP contribution >= 0.6 is 22.6 Å². The van der Waals surface area contributed by atoms with Crippen LogP contribution in [0.25, 0.3) is 6.08 Å². The minimum Gasteiger partial charge on any atom is -0.497 e. The standard InChI is InChI=1S/C22H25IN2O4/c1-22(2,3)29-21(27)24-19(14-15-7-6-8-16(23)13-15)20(26)25(4)17-9-11-18(28-5)12-10-17/h6-14H,1-5H3,(H,24,27)/b19-14-. The van der Waals surface area contributed by atoms with Gasteiger partial charge >= 0.3 is 6.09 Å². The Morgan fingerprint density at radius 2 is 1.76 bits per heavy atom. The van der Waals surface area contributed by atoms with Gasteiger partial charge in [0.05, 0.1) is 7.11 Å². The Kier molecular flexibility index (Phi) is 7.66. The predicted molar refractivity (Wildman–Crippen MR) is 123 cm³/mol. The Bertz CT molecular complexity index is 902. The van der Waals surface area contributed by atoms with E-state index in [0.29, 0.717) is 11.4 Å². The molecule has 0 bridgehead atoms. The highest BCUT2D eigenvalue weighted by Crippen LogP contribution is 2.20. The summed E-state index contributed by atoms with van der Waals surface area (Å²) in [6, 6.07) is 14.7. The predicted octanol–water partition coefficient (Wildman–Crippen LogP) is 4.83. The van der Waals surface area contributed by atoms with Crippen LogP contribution < -0.4 is 15.0 Å². The Morgan fingerprint density at radius 1 is 1.10 bits per heavy atom. The van der Waals surface area contributed by atoms with E-state index in [1.807, 2.05) is 24.3 Å². The molecule has 0 aliphatic heterocycles. The van der Waals surface area contributed by atoms with Crippen LogP contribution in [0.15, 0.2) is 54.2 Å². The van der Waals surface area contributed by atoms with Crippen LogP contribution in [0.2, 0.25) is 0 Å². The maximum absolute atomic E-state index is 13.1. The van der Waals surface area contributed by atoms with E-state index >= 15 is 0 Å². The number of alkyl carbamates (subject to hydrolysis) is 1. The molecule has 0 radical (unpaired) electrons. The zero-order valence-electron chi connectivity index (χ0n) is 17.2. The third-order valence-corrected chi connectivity index (χ3v) is 4.46. The molecule has 0 aliphatic rings. The Morgan fingerprint density at radius 3 is 2.31 bits per heavy atom. The fraction of sp³-hybridized carbons (Fsp3) is 0.273. The van der Waals surface area contributed by atoms with Crippen LogP contribution in [0.1, 0.15) is 26.3 Å². The molecular weight excluding hydrogens is 483 g/mol. The molecule has 0 heterocycles. The maximum Gasteiger partial charge on any atom is 0.412 e. The van der Waals surface area contributed by atoms with Crippen molar-refractivity contribution in [2.75, 3.05) is 19.1 Å². The molecule has 0 atom stereocenters. The van der Waals surface area contributed by atoms with E-state index in [-0.39, 0.29) is 11.6 Å². The highest BCUT2D eigenvalue weighted by atomic mass is 127. The summed E-state index contributed by atoms with van der Waals surface area (Å²) in [7, 11) is 3.22. The molecule has 0 aromatic heterocycles. The second kappa shape index (κ2) is 9.78. The Labute approximate surface area is 185 Å². The second-order valence-electron chi connectivity index (χ2n) is 7.30. The second-order valence-corrected chi connectivity index (χ2v) is 8.55. The molecule has 0 saturated carbocycles. The van der Waals surface area contributed by atoms with Crippen LogP contribution in [0.3, 0.4) is 0 Å². The first-order valence-electron chi connectivity index (χ1n) is 8.98. The first-order chi connectivity index (χ1) is 13.6. The van der Waals surface area contributed by atoms with Gasteiger partial charge in [-0.2, -0.15) is 0 Å². The van der Waals surface area contributed by atoms with Crippen LogP contribution in [-0.2, 0) is 9.53 Å². The number of rotatable bonds is 5. The number of benzene rings is 2. The normalized spacial score (nSPS) is 11.6. The number of nitrogens with one attached hydrogen (secondary N) is 1. The monoisotopic (exact) mass is 508 g/mol. The van der Waals surface area contributed by atoms with E-state index < -0.39 is 11.7 Å². The summed E-state index contributed by atoms with van der Waals surface area (Å²) >= 11 is 2.19. The van der Waals surface area contributed by atoms with Crippen molar-refractivity contribution in [3.05, 3.63) is 63.4 Å². The Hall–Kier alpha value is -2.55. The van der Waals surface area contributed by atoms with E-state index in [9.17, 15) is 9.59 Å². The minimum absolute atomic E-state index is 0.111. The molecule has 2 rings (SSSR count). The van der Waals surface area contributed by atoms with Gasteiger partial charge in [-0.25, -0.2) is 4.79 Å². The first-order valence-corrected chi connectivity index (χ1v) is 10.1. The molecule has 2 aromatic rings. The number of amides is 2. The van der Waals surface area contributed by atoms with Gasteiger partial charge < -0.3 is 14.4 Å². The third kappa shape index (κ3) is 7.08. The SMILES string of the molecule is COc1ccc(N(C)C(=O)/C(=C/c2cccc(I)c2)NC(=O)OC(C)(C)C)cc1. The molecule has 154 valence electrons. The molecule has 2 amide bonds. The van der Waals surface area contributed by atoms with Gasteiger partial charge in [-0.3, -0.25) is 10.1 Å². The van der Waals surface area contributed by atoms with Gasteiger partial charge in [0.25, 0.3) is 5.91 Å². The van der Waals surface area contributed by atoms with E-state index in [1.165, 1.54) is 4.90 Å². The first kappa shape index (κ1) is 22.7. The average molecular weight is 508 g/mol. The summed E-state index contributed by atoms with van der Waals surface area (Å²) in [4.78, 5) is 26.9. The molecule has 0 unspecified atom stereocenters. The lowest BCUT2D eigenvalue weighted by molar-refractivity contribution is -0.115. The summed E-state index contributed by atoms with van der Waals surface area (Å²) < 4.78 is 11.5. The molecule has 0 saturated heterocycles. The molecule has 0 spiro atoms. The van der Waals surface area contributed by atoms with E-state index in [2.05, 4.69) is 27.9 Å². The summed E-state index contributed by atoms with van der Waals surface area (Å²) in [5.74, 6) is 0.316. The lowest BCUT2D eigenvalue weighted by atomic mass is 10.1. The quantitative estimate of drug-likeness (QED) is 0.464. The van der Waals surface area contributed by atoms with Crippen molar-refractivity contribution < 1.29 is 19.1 Å². The van der Waals surface area contributed by atoms with Gasteiger partial charge in [0.1, 0.15) is 17.0 Å². The molecule has 6 nitrogen and oxygen atoms in total. The van der Waals surface area contributed by atoms with Gasteiger partial charge in [-0.05, 0) is 91.4 Å². The number of carbonyl (C=O) groups excluding carboxylic acids is 2. The maximum atomic E-state index is 13.1. The lowest BCUT2D eigenvalue weighted by Gasteiger charge is -2.23. The van der Waals surface area contributed by atoms with Gasteiger partial charge in [-0.15, -0.1) is 0 Å². The highest BCUT2D eigenvalue weighted by molar-refractivity contribution is 14.1. The summed E-state index contributed by atoms with van der Waals surface area (Å²) in [6.45, 7) is 5.29. The number of hydrogen-bond donors (Lipinski definition) is 1. The lowest BCUT2D eigenvalue weighted by Crippen LogP contribution is -2.38. The highest BCUT2D eigenvalue weighted by Gasteiger charge is 2.22. The van der Waals surface area contributed by atoms with Gasteiger partial charge in [-0.1, -0.05) is 12.1 Å². The van der Waals surface area contributed by atoms with E-state index in [0.717, 1.165) is 9.13 Å². The van der Waals surface area contributed by atoms with Gasteiger partial charge in [0.15, 0.2) is 0 Å². The number of nitrogens with zero attached hydrogens (tertiary/aromatic N) is 1. The van der Waals surface area contributed by atoms with Gasteiger partial charge in [0, 0.05) is 16.3 Å². The zero-order chi connectivity index (χ0) is 21.6. The molecule has 1 N–H and O–H groups in total. The molecule has 7 heteroatoms. The van der Waals surface area contributed by atoms with Crippen molar-refractivity contribution in [2.45, 2.75) is 26.4 Å². The molecule has 0 aliphatic carbocycles. The summed E-state index contributed by atoms with van der Waals surface area (Å²) in [5, 5.41) is 2.60. The number of anilines is 1. The van der Waals surface area contributed by atoms with Crippen molar-refractivity contribution >= 4 is 46.4 Å². The van der Waals surface area contributed by atoms with Crippen molar-refractivity contribution in [1.82, 2.24) is 5.32 Å². The van der Waals surface area contributed by atoms with Crippen molar-refractivity contribution in [2.24, 2.45) is 0 Å². The van der Waals surface area contributed by atoms with Crippen molar-refractivity contribution in [3.63, 3.8) is 0 Å². The molecular formula is C22H25IN2O4. The number of hydrogen-bond acceptors (Lipinski definition) is 4. The van der Waals surface area contributed by atoms with Gasteiger partial charge in [0.2, 0.25) is 0 Å². The smallest absolute Gasteiger partial charge is 0.412 e. The van der Waals surface area contributed by atoms with E-state index in [4.69, 9.17) is 9.47 Å². The van der Waals surface area contributed by atoms with Crippen molar-refractivity contribution in [1.29, 1.82) is 0 Å². The van der Waals surface area contributed by atoms with Crippen LogP contribution in [0.4, 0.5) is 10.5 Å². The topological polar surface area (TPSA) is 67.9 Å². The third-order valence-electron chi connectivity index (χ3n) is 3.79. The fourth-order valence-electron chi connectivity index (χ4n) is 2.43. The number of ether oxygens (including phenoxy) is 2. The zero-order valence-corrected chi connectivity index (χ0v) is 19.3. The van der Waals surface area contributed by atoms with Crippen molar-refractivity contribution in [3.8, 4) is 5.75 Å². The number of carbonyl (C=O) groups is 2. The minimum atomic E-state index is -0.689. The van der Waals surface area contributed by atoms with E-state index in [1.54, 1.807) is 65.3 Å². The number of methoxy groups -OCH3 is 1. The fourth-order valence-corrected chi connectivity index (χ4v) is 3.00. The van der Waals surface area contributed by atoms with Crippen LogP contribution in [0.5, 0.6) is 5.75 Å². The summed E-state index contributed by atoms with van der Waals surface area (Å²) in [5.41, 5.74) is 0.886. The number of halogens is 1. The van der Waals surface area contributed by atoms with Crippen LogP contribution in [0, 0.1) is 3.57 Å². The average Bonchev–Trinajstić information content (AvgIpc) is 2.65.